The van der Waals surface area contributed by atoms with Crippen LogP contribution < -0.4 is 10.2 Å². The zero-order valence-corrected chi connectivity index (χ0v) is 15.2. The Labute approximate surface area is 156 Å². The molecule has 1 amide bonds. The number of carbonyl (C=O) groups is 1. The Balaban J connectivity index is 1.60. The quantitative estimate of drug-likeness (QED) is 0.765. The number of rotatable bonds is 4. The minimum absolute atomic E-state index is 0.101. The van der Waals surface area contributed by atoms with Crippen LogP contribution in [0.2, 0.25) is 0 Å². The van der Waals surface area contributed by atoms with Gasteiger partial charge in [-0.15, -0.1) is 0 Å². The molecule has 0 saturated carbocycles. The van der Waals surface area contributed by atoms with Crippen molar-refractivity contribution in [2.24, 2.45) is 7.05 Å². The normalized spacial score (nSPS) is 14.5. The van der Waals surface area contributed by atoms with Crippen LogP contribution >= 0.6 is 0 Å². The third-order valence-electron chi connectivity index (χ3n) is 4.70. The molecule has 3 heterocycles. The van der Waals surface area contributed by atoms with Crippen LogP contribution in [0, 0.1) is 5.82 Å². The van der Waals surface area contributed by atoms with Crippen LogP contribution in [0.1, 0.15) is 35.4 Å². The van der Waals surface area contributed by atoms with Gasteiger partial charge in [0.15, 0.2) is 5.65 Å². The van der Waals surface area contributed by atoms with Crippen LogP contribution in [0.5, 0.6) is 0 Å². The van der Waals surface area contributed by atoms with Crippen molar-refractivity contribution in [3.8, 4) is 0 Å². The molecule has 7 nitrogen and oxygen atoms in total. The van der Waals surface area contributed by atoms with Gasteiger partial charge in [0, 0.05) is 32.9 Å². The van der Waals surface area contributed by atoms with E-state index in [0.29, 0.717) is 5.65 Å². The molecule has 4 rings (SSSR count). The van der Waals surface area contributed by atoms with Crippen molar-refractivity contribution < 1.29 is 9.18 Å². The highest BCUT2D eigenvalue weighted by atomic mass is 19.1. The second kappa shape index (κ2) is 7.30. The lowest BCUT2D eigenvalue weighted by atomic mass is 10.1. The maximum atomic E-state index is 13.0. The number of aryl methyl sites for hydroxylation is 1. The fourth-order valence-corrected chi connectivity index (χ4v) is 3.31. The minimum Gasteiger partial charge on any atom is -0.356 e. The molecule has 0 aliphatic carbocycles. The molecule has 0 bridgehead atoms. The number of nitrogens with one attached hydrogen (secondary N) is 1. The SMILES string of the molecule is Cn1cc2c(N3CCCCC3)nc(C(=O)NCc3ccc(F)cc3)nc2n1. The van der Waals surface area contributed by atoms with Gasteiger partial charge >= 0.3 is 0 Å². The lowest BCUT2D eigenvalue weighted by Crippen LogP contribution is -2.32. The van der Waals surface area contributed by atoms with Crippen LogP contribution in [0.25, 0.3) is 11.0 Å². The molecule has 3 aromatic rings. The number of carbonyl (C=O) groups excluding carboxylic acids is 1. The van der Waals surface area contributed by atoms with Crippen LogP contribution in [-0.2, 0) is 13.6 Å². The Morgan fingerprint density at radius 3 is 2.63 bits per heavy atom. The molecule has 0 spiro atoms. The molecular formula is C19H21FN6O. The first-order valence-electron chi connectivity index (χ1n) is 9.09. The Bertz CT molecular complexity index is 962. The maximum absolute atomic E-state index is 13.0. The molecule has 1 fully saturated rings. The van der Waals surface area contributed by atoms with Gasteiger partial charge in [0.2, 0.25) is 5.82 Å². The summed E-state index contributed by atoms with van der Waals surface area (Å²) in [4.78, 5) is 23.7. The number of piperidine rings is 1. The molecule has 140 valence electrons. The largest absolute Gasteiger partial charge is 0.356 e. The predicted molar refractivity (Wildman–Crippen MR) is 99.9 cm³/mol. The summed E-state index contributed by atoms with van der Waals surface area (Å²) in [6.45, 7) is 2.11. The van der Waals surface area contributed by atoms with Crippen molar-refractivity contribution in [3.63, 3.8) is 0 Å². The lowest BCUT2D eigenvalue weighted by molar-refractivity contribution is 0.0941. The summed E-state index contributed by atoms with van der Waals surface area (Å²) in [6.07, 6.45) is 5.32. The van der Waals surface area contributed by atoms with E-state index in [1.165, 1.54) is 18.6 Å². The van der Waals surface area contributed by atoms with Gasteiger partial charge in [0.1, 0.15) is 11.6 Å². The van der Waals surface area contributed by atoms with E-state index in [4.69, 9.17) is 0 Å². The summed E-state index contributed by atoms with van der Waals surface area (Å²) in [5.41, 5.74) is 1.32. The Kier molecular flexibility index (Phi) is 4.70. The van der Waals surface area contributed by atoms with Gasteiger partial charge in [-0.1, -0.05) is 12.1 Å². The summed E-state index contributed by atoms with van der Waals surface area (Å²) in [6, 6.07) is 6.01. The zero-order valence-electron chi connectivity index (χ0n) is 15.2. The molecule has 1 aromatic carbocycles. The van der Waals surface area contributed by atoms with E-state index in [-0.39, 0.29) is 24.1 Å². The molecule has 1 aliphatic rings. The van der Waals surface area contributed by atoms with Gasteiger partial charge in [-0.3, -0.25) is 9.48 Å². The second-order valence-corrected chi connectivity index (χ2v) is 6.77. The first-order valence-corrected chi connectivity index (χ1v) is 9.09. The number of anilines is 1. The number of hydrogen-bond acceptors (Lipinski definition) is 5. The van der Waals surface area contributed by atoms with Crippen molar-refractivity contribution in [2.75, 3.05) is 18.0 Å². The van der Waals surface area contributed by atoms with Crippen molar-refractivity contribution in [3.05, 3.63) is 47.7 Å². The predicted octanol–water partition coefficient (Wildman–Crippen LogP) is 2.42. The zero-order chi connectivity index (χ0) is 18.8. The molecule has 1 saturated heterocycles. The monoisotopic (exact) mass is 368 g/mol. The fraction of sp³-hybridized carbons (Fsp3) is 0.368. The number of halogens is 1. The number of fused-ring (bicyclic) bond motifs is 1. The van der Waals surface area contributed by atoms with E-state index in [1.54, 1.807) is 16.8 Å². The summed E-state index contributed by atoms with van der Waals surface area (Å²) >= 11 is 0. The standard InChI is InChI=1S/C19H21FN6O/c1-25-12-15-16(24-25)22-17(23-18(15)26-9-3-2-4-10-26)19(27)21-11-13-5-7-14(20)8-6-13/h5-8,12H,2-4,9-11H2,1H3,(H,21,27). The van der Waals surface area contributed by atoms with Gasteiger partial charge in [0.25, 0.3) is 5.91 Å². The molecular weight excluding hydrogens is 347 g/mol. The van der Waals surface area contributed by atoms with Crippen LogP contribution in [-0.4, -0.2) is 38.7 Å². The Morgan fingerprint density at radius 1 is 1.15 bits per heavy atom. The van der Waals surface area contributed by atoms with E-state index in [9.17, 15) is 9.18 Å². The maximum Gasteiger partial charge on any atom is 0.289 e. The first-order chi connectivity index (χ1) is 13.1. The van der Waals surface area contributed by atoms with Crippen molar-refractivity contribution in [1.29, 1.82) is 0 Å². The average Bonchev–Trinajstić information content (AvgIpc) is 3.07. The number of aromatic nitrogens is 4. The van der Waals surface area contributed by atoms with Crippen LogP contribution in [0.3, 0.4) is 0 Å². The second-order valence-electron chi connectivity index (χ2n) is 6.77. The fourth-order valence-electron chi connectivity index (χ4n) is 3.31. The van der Waals surface area contributed by atoms with E-state index in [0.717, 1.165) is 42.7 Å². The van der Waals surface area contributed by atoms with Gasteiger partial charge in [-0.05, 0) is 37.0 Å². The Morgan fingerprint density at radius 2 is 1.89 bits per heavy atom. The molecule has 1 N–H and O–H groups in total. The molecule has 0 atom stereocenters. The van der Waals surface area contributed by atoms with Crippen LogP contribution in [0.4, 0.5) is 10.2 Å². The van der Waals surface area contributed by atoms with E-state index < -0.39 is 0 Å². The van der Waals surface area contributed by atoms with Crippen LogP contribution in [0.15, 0.2) is 30.5 Å². The van der Waals surface area contributed by atoms with Gasteiger partial charge in [-0.2, -0.15) is 5.10 Å². The molecule has 0 unspecified atom stereocenters. The van der Waals surface area contributed by atoms with E-state index in [2.05, 4.69) is 25.3 Å². The number of amides is 1. The first kappa shape index (κ1) is 17.4. The molecule has 1 aliphatic heterocycles. The third kappa shape index (κ3) is 3.74. The highest BCUT2D eigenvalue weighted by Crippen LogP contribution is 2.25. The highest BCUT2D eigenvalue weighted by molar-refractivity contribution is 5.95. The van der Waals surface area contributed by atoms with Crippen molar-refractivity contribution in [2.45, 2.75) is 25.8 Å². The smallest absolute Gasteiger partial charge is 0.289 e. The molecule has 27 heavy (non-hydrogen) atoms. The topological polar surface area (TPSA) is 75.9 Å². The van der Waals surface area contributed by atoms with E-state index in [1.807, 2.05) is 13.2 Å². The average molecular weight is 368 g/mol. The highest BCUT2D eigenvalue weighted by Gasteiger charge is 2.21. The van der Waals surface area contributed by atoms with Gasteiger partial charge < -0.3 is 10.2 Å². The van der Waals surface area contributed by atoms with Crippen molar-refractivity contribution >= 4 is 22.8 Å². The summed E-state index contributed by atoms with van der Waals surface area (Å²) in [5.74, 6) is 0.189. The third-order valence-corrected chi connectivity index (χ3v) is 4.70. The molecule has 8 heteroatoms. The minimum atomic E-state index is -0.370. The number of hydrogen-bond donors (Lipinski definition) is 1. The van der Waals surface area contributed by atoms with E-state index >= 15 is 0 Å². The van der Waals surface area contributed by atoms with Crippen molar-refractivity contribution in [1.82, 2.24) is 25.1 Å². The molecule has 2 aromatic heterocycles. The van der Waals surface area contributed by atoms with Gasteiger partial charge in [0.05, 0.1) is 5.39 Å². The van der Waals surface area contributed by atoms with Gasteiger partial charge in [-0.25, -0.2) is 14.4 Å². The Hall–Kier alpha value is -3.03. The summed E-state index contributed by atoms with van der Waals surface area (Å²) in [5, 5.41) is 8.01. The summed E-state index contributed by atoms with van der Waals surface area (Å²) < 4.78 is 14.7. The lowest BCUT2D eigenvalue weighted by Gasteiger charge is -2.28. The summed E-state index contributed by atoms with van der Waals surface area (Å²) in [7, 11) is 1.83. The number of nitrogens with zero attached hydrogens (tertiary/aromatic N) is 5. The molecule has 0 radical (unpaired) electrons. The number of benzene rings is 1.